The average Bonchev–Trinajstić information content (AvgIpc) is 3.17. The van der Waals surface area contributed by atoms with Gasteiger partial charge in [-0.15, -0.1) is 0 Å². The number of amides is 1. The van der Waals surface area contributed by atoms with Gasteiger partial charge in [-0.1, -0.05) is 48.5 Å². The van der Waals surface area contributed by atoms with E-state index >= 15 is 0 Å². The molecule has 0 spiro atoms. The maximum absolute atomic E-state index is 13.0. The van der Waals surface area contributed by atoms with Crippen LogP contribution in [0.4, 0.5) is 0 Å². The summed E-state index contributed by atoms with van der Waals surface area (Å²) in [6.45, 7) is 0.503. The number of carbonyl (C=O) groups is 1. The maximum atomic E-state index is 13.0. The first-order chi connectivity index (χ1) is 15.6. The summed E-state index contributed by atoms with van der Waals surface area (Å²) in [5, 5.41) is 4.21. The number of hydrogen-bond donors (Lipinski definition) is 1. The Balaban J connectivity index is 1.71. The molecule has 1 heterocycles. The monoisotopic (exact) mass is 428 g/mol. The van der Waals surface area contributed by atoms with Gasteiger partial charge in [0.1, 0.15) is 11.5 Å². The van der Waals surface area contributed by atoms with E-state index in [2.05, 4.69) is 28.2 Å². The Morgan fingerprint density at radius 2 is 1.59 bits per heavy atom. The summed E-state index contributed by atoms with van der Waals surface area (Å²) in [7, 11) is 5.31. The van der Waals surface area contributed by atoms with Crippen molar-refractivity contribution in [3.63, 3.8) is 0 Å². The SMILES string of the molecule is COc1cc(OC)cc(C(CC(=O)NCc2ccccc2)c2cn(C)c3ccccc23)c1. The zero-order valence-corrected chi connectivity index (χ0v) is 18.7. The molecule has 164 valence electrons. The number of fused-ring (bicyclic) bond motifs is 1. The quantitative estimate of drug-likeness (QED) is 0.428. The number of ether oxygens (including phenoxy) is 2. The van der Waals surface area contributed by atoms with Gasteiger partial charge in [-0.3, -0.25) is 4.79 Å². The van der Waals surface area contributed by atoms with Gasteiger partial charge < -0.3 is 19.4 Å². The third kappa shape index (κ3) is 4.62. The first-order valence-corrected chi connectivity index (χ1v) is 10.7. The Bertz CT molecular complexity index is 1190. The van der Waals surface area contributed by atoms with Gasteiger partial charge in [-0.25, -0.2) is 0 Å². The predicted octanol–water partition coefficient (Wildman–Crippen LogP) is 5.03. The molecular formula is C27H28N2O3. The molecule has 4 aromatic rings. The van der Waals surface area contributed by atoms with Crippen LogP contribution in [-0.2, 0) is 18.4 Å². The predicted molar refractivity (Wildman–Crippen MR) is 127 cm³/mol. The lowest BCUT2D eigenvalue weighted by atomic mass is 9.87. The van der Waals surface area contributed by atoms with E-state index in [1.54, 1.807) is 14.2 Å². The molecule has 0 aliphatic heterocycles. The molecule has 0 saturated heterocycles. The molecule has 0 aliphatic rings. The van der Waals surface area contributed by atoms with Crippen LogP contribution >= 0.6 is 0 Å². The Kier molecular flexibility index (Phi) is 6.45. The number of aryl methyl sites for hydroxylation is 1. The molecule has 0 radical (unpaired) electrons. The highest BCUT2D eigenvalue weighted by molar-refractivity contribution is 5.86. The Labute approximate surface area is 188 Å². The topological polar surface area (TPSA) is 52.5 Å². The number of hydrogen-bond acceptors (Lipinski definition) is 3. The normalized spacial score (nSPS) is 11.8. The van der Waals surface area contributed by atoms with E-state index in [0.29, 0.717) is 24.5 Å². The average molecular weight is 429 g/mol. The fourth-order valence-corrected chi connectivity index (χ4v) is 4.14. The number of nitrogens with one attached hydrogen (secondary N) is 1. The van der Waals surface area contributed by atoms with Gasteiger partial charge in [-0.2, -0.15) is 0 Å². The number of methoxy groups -OCH3 is 2. The largest absolute Gasteiger partial charge is 0.497 e. The van der Waals surface area contributed by atoms with Gasteiger partial charge in [-0.05, 0) is 34.9 Å². The molecule has 3 aromatic carbocycles. The minimum atomic E-state index is -0.152. The first-order valence-electron chi connectivity index (χ1n) is 10.7. The van der Waals surface area contributed by atoms with Crippen LogP contribution < -0.4 is 14.8 Å². The summed E-state index contributed by atoms with van der Waals surface area (Å²) in [5.41, 5.74) is 4.29. The highest BCUT2D eigenvalue weighted by atomic mass is 16.5. The van der Waals surface area contributed by atoms with Gasteiger partial charge in [0.2, 0.25) is 5.91 Å². The summed E-state index contributed by atoms with van der Waals surface area (Å²) >= 11 is 0. The molecule has 1 amide bonds. The zero-order valence-electron chi connectivity index (χ0n) is 18.7. The number of carbonyl (C=O) groups excluding carboxylic acids is 1. The molecule has 5 heteroatoms. The van der Waals surface area contributed by atoms with E-state index in [-0.39, 0.29) is 11.8 Å². The minimum absolute atomic E-state index is 0.00595. The van der Waals surface area contributed by atoms with Crippen molar-refractivity contribution >= 4 is 16.8 Å². The lowest BCUT2D eigenvalue weighted by molar-refractivity contribution is -0.121. The van der Waals surface area contributed by atoms with Crippen molar-refractivity contribution in [1.82, 2.24) is 9.88 Å². The maximum Gasteiger partial charge on any atom is 0.221 e. The van der Waals surface area contributed by atoms with E-state index in [0.717, 1.165) is 27.6 Å². The third-order valence-electron chi connectivity index (χ3n) is 5.80. The minimum Gasteiger partial charge on any atom is -0.497 e. The molecule has 1 atom stereocenters. The van der Waals surface area contributed by atoms with Gasteiger partial charge >= 0.3 is 0 Å². The molecule has 0 bridgehead atoms. The molecule has 1 unspecified atom stereocenters. The van der Waals surface area contributed by atoms with Crippen LogP contribution in [0.2, 0.25) is 0 Å². The fourth-order valence-electron chi connectivity index (χ4n) is 4.14. The molecule has 4 rings (SSSR count). The van der Waals surface area contributed by atoms with Crippen LogP contribution in [0.15, 0.2) is 79.0 Å². The van der Waals surface area contributed by atoms with Crippen LogP contribution in [0.1, 0.15) is 29.0 Å². The van der Waals surface area contributed by atoms with Crippen LogP contribution in [0, 0.1) is 0 Å². The second kappa shape index (κ2) is 9.60. The molecule has 32 heavy (non-hydrogen) atoms. The molecule has 0 aliphatic carbocycles. The lowest BCUT2D eigenvalue weighted by Crippen LogP contribution is -2.25. The molecule has 0 fully saturated rings. The summed E-state index contributed by atoms with van der Waals surface area (Å²) < 4.78 is 13.1. The summed E-state index contributed by atoms with van der Waals surface area (Å²) in [4.78, 5) is 13.0. The van der Waals surface area contributed by atoms with Crippen molar-refractivity contribution in [2.24, 2.45) is 7.05 Å². The van der Waals surface area contributed by atoms with E-state index in [4.69, 9.17) is 9.47 Å². The molecule has 0 saturated carbocycles. The van der Waals surface area contributed by atoms with E-state index in [9.17, 15) is 4.79 Å². The Morgan fingerprint density at radius 1 is 0.938 bits per heavy atom. The van der Waals surface area contributed by atoms with Gasteiger partial charge in [0.05, 0.1) is 14.2 Å². The smallest absolute Gasteiger partial charge is 0.221 e. The third-order valence-corrected chi connectivity index (χ3v) is 5.80. The number of rotatable bonds is 8. The Morgan fingerprint density at radius 3 is 2.28 bits per heavy atom. The van der Waals surface area contributed by atoms with Crippen LogP contribution in [0.25, 0.3) is 10.9 Å². The highest BCUT2D eigenvalue weighted by Crippen LogP contribution is 2.37. The first kappa shape index (κ1) is 21.5. The highest BCUT2D eigenvalue weighted by Gasteiger charge is 2.23. The van der Waals surface area contributed by atoms with Crippen molar-refractivity contribution in [2.75, 3.05) is 14.2 Å². The summed E-state index contributed by atoms with van der Waals surface area (Å²) in [6, 6.07) is 24.0. The van der Waals surface area contributed by atoms with Crippen LogP contribution in [0.3, 0.4) is 0 Å². The second-order valence-electron chi connectivity index (χ2n) is 7.88. The fraction of sp³-hybridized carbons (Fsp3) is 0.222. The van der Waals surface area contributed by atoms with Gasteiger partial charge in [0, 0.05) is 49.1 Å². The molecular weight excluding hydrogens is 400 g/mol. The number of benzene rings is 3. The standard InChI is InChI=1S/C27H28N2O3/c1-29-18-25(23-11-7-8-12-26(23)29)24(20-13-21(31-2)15-22(14-20)32-3)16-27(30)28-17-19-9-5-4-6-10-19/h4-15,18,24H,16-17H2,1-3H3,(H,28,30). The molecule has 1 N–H and O–H groups in total. The van der Waals surface area contributed by atoms with Gasteiger partial charge in [0.15, 0.2) is 0 Å². The lowest BCUT2D eigenvalue weighted by Gasteiger charge is -2.19. The van der Waals surface area contributed by atoms with E-state index in [1.165, 1.54) is 0 Å². The second-order valence-corrected chi connectivity index (χ2v) is 7.88. The summed E-state index contributed by atoms with van der Waals surface area (Å²) in [6.07, 6.45) is 2.43. The van der Waals surface area contributed by atoms with Crippen molar-refractivity contribution in [2.45, 2.75) is 18.9 Å². The number of aromatic nitrogens is 1. The van der Waals surface area contributed by atoms with E-state index < -0.39 is 0 Å². The molecule has 5 nitrogen and oxygen atoms in total. The van der Waals surface area contributed by atoms with E-state index in [1.807, 2.05) is 67.7 Å². The number of nitrogens with zero attached hydrogens (tertiary/aromatic N) is 1. The summed E-state index contributed by atoms with van der Waals surface area (Å²) in [5.74, 6) is 1.25. The van der Waals surface area contributed by atoms with Crippen molar-refractivity contribution in [3.05, 3.63) is 95.7 Å². The van der Waals surface area contributed by atoms with Crippen molar-refractivity contribution < 1.29 is 14.3 Å². The Hall–Kier alpha value is -3.73. The zero-order chi connectivity index (χ0) is 22.5. The van der Waals surface area contributed by atoms with Crippen LogP contribution in [-0.4, -0.2) is 24.7 Å². The van der Waals surface area contributed by atoms with Crippen LogP contribution in [0.5, 0.6) is 11.5 Å². The van der Waals surface area contributed by atoms with Crippen molar-refractivity contribution in [1.29, 1.82) is 0 Å². The van der Waals surface area contributed by atoms with Crippen molar-refractivity contribution in [3.8, 4) is 11.5 Å². The number of para-hydroxylation sites is 1. The van der Waals surface area contributed by atoms with Gasteiger partial charge in [0.25, 0.3) is 0 Å². The molecule has 1 aromatic heterocycles.